The predicted octanol–water partition coefficient (Wildman–Crippen LogP) is -0.0117. The zero-order valence-corrected chi connectivity index (χ0v) is 8.74. The number of rotatable bonds is 3. The van der Waals surface area contributed by atoms with Crippen molar-refractivity contribution in [3.05, 3.63) is 0 Å². The molecule has 0 saturated carbocycles. The largest absolute Gasteiger partial charge is 0.461 e. The summed E-state index contributed by atoms with van der Waals surface area (Å²) in [6, 6.07) is 0. The van der Waals surface area contributed by atoms with E-state index in [0.29, 0.717) is 6.42 Å². The molecule has 0 aromatic rings. The topological polar surface area (TPSA) is 78.9 Å². The highest BCUT2D eigenvalue weighted by Crippen LogP contribution is 2.14. The number of carbonyl (C=O) groups is 1. The molecule has 7 heteroatoms. The summed E-state index contributed by atoms with van der Waals surface area (Å²) in [7, 11) is -3.98. The fraction of sp³-hybridized carbons (Fsp3) is 0.857. The van der Waals surface area contributed by atoms with Gasteiger partial charge in [0, 0.05) is 0 Å². The zero-order valence-electron chi connectivity index (χ0n) is 7.93. The van der Waals surface area contributed by atoms with Crippen molar-refractivity contribution in [1.82, 2.24) is 0 Å². The Morgan fingerprint density at radius 1 is 1.64 bits per heavy atom. The average Bonchev–Trinajstić information content (AvgIpc) is 2.46. The number of esters is 1. The molecule has 1 heterocycles. The van der Waals surface area contributed by atoms with Gasteiger partial charge >= 0.3 is 16.4 Å². The molecule has 1 fully saturated rings. The minimum atomic E-state index is -3.98. The van der Waals surface area contributed by atoms with Crippen LogP contribution in [0.5, 0.6) is 0 Å². The quantitative estimate of drug-likeness (QED) is 0.627. The van der Waals surface area contributed by atoms with Gasteiger partial charge in [0.25, 0.3) is 0 Å². The molecule has 0 aromatic carbocycles. The monoisotopic (exact) mass is 224 g/mol. The van der Waals surface area contributed by atoms with E-state index in [1.54, 1.807) is 6.92 Å². The van der Waals surface area contributed by atoms with Crippen LogP contribution in [0, 0.1) is 0 Å². The van der Waals surface area contributed by atoms with Gasteiger partial charge in [0.1, 0.15) is 6.61 Å². The third-order valence-electron chi connectivity index (χ3n) is 1.75. The van der Waals surface area contributed by atoms with Crippen LogP contribution in [0.15, 0.2) is 0 Å². The maximum atomic E-state index is 11.2. The van der Waals surface area contributed by atoms with Crippen LogP contribution in [0.2, 0.25) is 0 Å². The molecule has 6 nitrogen and oxygen atoms in total. The molecule has 1 aliphatic heterocycles. The van der Waals surface area contributed by atoms with Crippen molar-refractivity contribution in [3.63, 3.8) is 0 Å². The van der Waals surface area contributed by atoms with Gasteiger partial charge in [-0.15, -0.1) is 0 Å². The van der Waals surface area contributed by atoms with Crippen molar-refractivity contribution in [2.75, 3.05) is 6.61 Å². The fourth-order valence-electron chi connectivity index (χ4n) is 0.808. The lowest BCUT2D eigenvalue weighted by atomic mass is 10.3. The number of carbonyl (C=O) groups excluding carboxylic acids is 1. The van der Waals surface area contributed by atoms with E-state index in [9.17, 15) is 13.2 Å². The van der Waals surface area contributed by atoms with E-state index in [4.69, 9.17) is 4.74 Å². The summed E-state index contributed by atoms with van der Waals surface area (Å²) in [4.78, 5) is 11.2. The highest BCUT2D eigenvalue weighted by Gasteiger charge is 2.36. The standard InChI is InChI=1S/C7H12O6S/c1-3-5(2)12-7(8)6-4-11-14(9,10)13-6/h5-6H,3-4H2,1-2H3. The van der Waals surface area contributed by atoms with Crippen molar-refractivity contribution >= 4 is 16.4 Å². The molecular weight excluding hydrogens is 212 g/mol. The Morgan fingerprint density at radius 2 is 2.29 bits per heavy atom. The van der Waals surface area contributed by atoms with Gasteiger partial charge in [0.15, 0.2) is 0 Å². The molecule has 2 unspecified atom stereocenters. The second kappa shape index (κ2) is 4.24. The number of ether oxygens (including phenoxy) is 1. The van der Waals surface area contributed by atoms with Crippen LogP contribution in [0.3, 0.4) is 0 Å². The van der Waals surface area contributed by atoms with E-state index in [0.717, 1.165) is 0 Å². The van der Waals surface area contributed by atoms with Gasteiger partial charge in [-0.3, -0.25) is 0 Å². The lowest BCUT2D eigenvalue weighted by molar-refractivity contribution is -0.155. The molecule has 82 valence electrons. The molecule has 0 radical (unpaired) electrons. The van der Waals surface area contributed by atoms with Crippen LogP contribution in [0.1, 0.15) is 20.3 Å². The molecule has 0 aliphatic carbocycles. The molecule has 0 bridgehead atoms. The highest BCUT2D eigenvalue weighted by molar-refractivity contribution is 7.82. The molecule has 0 aromatic heterocycles. The lowest BCUT2D eigenvalue weighted by Crippen LogP contribution is -2.28. The van der Waals surface area contributed by atoms with E-state index >= 15 is 0 Å². The van der Waals surface area contributed by atoms with Crippen molar-refractivity contribution in [2.45, 2.75) is 32.5 Å². The van der Waals surface area contributed by atoms with Crippen LogP contribution in [0.25, 0.3) is 0 Å². The van der Waals surface area contributed by atoms with E-state index in [2.05, 4.69) is 8.37 Å². The predicted molar refractivity (Wildman–Crippen MR) is 45.6 cm³/mol. The second-order valence-electron chi connectivity index (χ2n) is 2.93. The summed E-state index contributed by atoms with van der Waals surface area (Å²) in [6.07, 6.45) is -0.755. The third-order valence-corrected chi connectivity index (χ3v) is 2.65. The van der Waals surface area contributed by atoms with Gasteiger partial charge in [-0.1, -0.05) is 6.92 Å². The first-order valence-corrected chi connectivity index (χ1v) is 5.56. The normalized spacial score (nSPS) is 27.1. The average molecular weight is 224 g/mol. The van der Waals surface area contributed by atoms with Gasteiger partial charge in [-0.2, -0.15) is 8.42 Å². The molecule has 0 N–H and O–H groups in total. The smallest absolute Gasteiger partial charge is 0.400 e. The van der Waals surface area contributed by atoms with Gasteiger partial charge < -0.3 is 4.74 Å². The maximum absolute atomic E-state index is 11.2. The number of hydrogen-bond acceptors (Lipinski definition) is 6. The third kappa shape index (κ3) is 2.93. The molecule has 1 aliphatic rings. The van der Waals surface area contributed by atoms with Crippen LogP contribution in [0.4, 0.5) is 0 Å². The van der Waals surface area contributed by atoms with E-state index < -0.39 is 22.5 Å². The zero-order chi connectivity index (χ0) is 10.8. The minimum absolute atomic E-state index is 0.255. The Labute approximate surface area is 82.5 Å². The molecule has 1 saturated heterocycles. The molecule has 0 amide bonds. The molecule has 2 atom stereocenters. The maximum Gasteiger partial charge on any atom is 0.400 e. The molecule has 0 spiro atoms. The highest BCUT2D eigenvalue weighted by atomic mass is 32.3. The molecule has 14 heavy (non-hydrogen) atoms. The van der Waals surface area contributed by atoms with Crippen molar-refractivity contribution in [2.24, 2.45) is 0 Å². The second-order valence-corrected chi connectivity index (χ2v) is 4.18. The van der Waals surface area contributed by atoms with Gasteiger partial charge in [0.2, 0.25) is 6.10 Å². The van der Waals surface area contributed by atoms with Gasteiger partial charge in [0.05, 0.1) is 6.10 Å². The summed E-state index contributed by atoms with van der Waals surface area (Å²) in [5, 5.41) is 0. The Morgan fingerprint density at radius 3 is 2.71 bits per heavy atom. The van der Waals surface area contributed by atoms with Crippen molar-refractivity contribution in [1.29, 1.82) is 0 Å². The first-order valence-electron chi connectivity index (χ1n) is 4.22. The van der Waals surface area contributed by atoms with E-state index in [1.165, 1.54) is 0 Å². The summed E-state index contributed by atoms with van der Waals surface area (Å²) in [6.45, 7) is 3.25. The van der Waals surface area contributed by atoms with E-state index in [1.807, 2.05) is 6.92 Å². The Bertz CT molecular complexity index is 308. The molecular formula is C7H12O6S. The van der Waals surface area contributed by atoms with Gasteiger partial charge in [-0.25, -0.2) is 13.2 Å². The minimum Gasteiger partial charge on any atom is -0.461 e. The van der Waals surface area contributed by atoms with Crippen molar-refractivity contribution in [3.8, 4) is 0 Å². The summed E-state index contributed by atoms with van der Waals surface area (Å²) >= 11 is 0. The first kappa shape index (κ1) is 11.4. The van der Waals surface area contributed by atoms with Crippen LogP contribution in [-0.4, -0.2) is 33.2 Å². The Hall–Kier alpha value is -0.660. The first-order chi connectivity index (χ1) is 6.44. The Kier molecular flexibility index (Phi) is 3.46. The SMILES string of the molecule is CCC(C)OC(=O)C1COS(=O)(=O)O1. The Balaban J connectivity index is 2.48. The van der Waals surface area contributed by atoms with Gasteiger partial charge in [-0.05, 0) is 13.3 Å². The van der Waals surface area contributed by atoms with Crippen molar-refractivity contribution < 1.29 is 26.3 Å². The summed E-state index contributed by atoms with van der Waals surface area (Å²) in [5.41, 5.74) is 0. The summed E-state index contributed by atoms with van der Waals surface area (Å²) in [5.74, 6) is -0.708. The number of hydrogen-bond donors (Lipinski definition) is 0. The van der Waals surface area contributed by atoms with E-state index in [-0.39, 0.29) is 12.7 Å². The van der Waals surface area contributed by atoms with Crippen LogP contribution >= 0.6 is 0 Å². The van der Waals surface area contributed by atoms with Crippen LogP contribution < -0.4 is 0 Å². The molecule has 1 rings (SSSR count). The lowest BCUT2D eigenvalue weighted by Gasteiger charge is -2.12. The fourth-order valence-corrected chi connectivity index (χ4v) is 1.57. The van der Waals surface area contributed by atoms with Crippen LogP contribution in [-0.2, 0) is 28.3 Å². The summed E-state index contributed by atoms with van der Waals surface area (Å²) < 4.78 is 34.7.